The van der Waals surface area contributed by atoms with Gasteiger partial charge in [-0.1, -0.05) is 12.1 Å². The Morgan fingerprint density at radius 1 is 1.23 bits per heavy atom. The molecule has 1 heterocycles. The number of benzene rings is 1. The van der Waals surface area contributed by atoms with Gasteiger partial charge in [-0.15, -0.1) is 0 Å². The van der Waals surface area contributed by atoms with Crippen LogP contribution in [0.25, 0.3) is 0 Å². The van der Waals surface area contributed by atoms with E-state index < -0.39 is 35.6 Å². The highest BCUT2D eigenvalue weighted by Crippen LogP contribution is 2.42. The number of nitrogens with zero attached hydrogens (tertiary/aromatic N) is 3. The van der Waals surface area contributed by atoms with Gasteiger partial charge >= 0.3 is 5.97 Å². The average molecular weight is 369 g/mol. The summed E-state index contributed by atoms with van der Waals surface area (Å²) >= 11 is 0. The number of halogens is 2. The summed E-state index contributed by atoms with van der Waals surface area (Å²) in [5.41, 5.74) is 0.00982. The van der Waals surface area contributed by atoms with Gasteiger partial charge in [0.15, 0.2) is 11.6 Å². The van der Waals surface area contributed by atoms with Crippen LogP contribution in [0, 0.1) is 17.6 Å². The first-order valence-corrected chi connectivity index (χ1v) is 8.43. The molecule has 3 atom stereocenters. The Kier molecular flexibility index (Phi) is 6.30. The van der Waals surface area contributed by atoms with Crippen LogP contribution in [0.15, 0.2) is 18.2 Å². The Hall–Kier alpha value is -2.06. The molecular formula is C18H25F2N3O3. The molecule has 1 aliphatic heterocycles. The van der Waals surface area contributed by atoms with Crippen LogP contribution >= 0.6 is 0 Å². The smallest absolute Gasteiger partial charge is 0.320 e. The second-order valence-corrected chi connectivity index (χ2v) is 7.01. The predicted octanol–water partition coefficient (Wildman–Crippen LogP) is 1.43. The van der Waals surface area contributed by atoms with Crippen molar-refractivity contribution in [3.8, 4) is 0 Å². The molecule has 0 unspecified atom stereocenters. The van der Waals surface area contributed by atoms with Gasteiger partial charge in [0.1, 0.15) is 6.04 Å². The quantitative estimate of drug-likeness (QED) is 0.822. The number of likely N-dealkylation sites (tertiary alicyclic amines) is 1. The van der Waals surface area contributed by atoms with Crippen molar-refractivity contribution in [2.24, 2.45) is 5.92 Å². The molecule has 0 radical (unpaired) electrons. The minimum atomic E-state index is -1.08. The van der Waals surface area contributed by atoms with E-state index in [9.17, 15) is 23.5 Å². The molecule has 1 N–H and O–H groups in total. The third-order valence-corrected chi connectivity index (χ3v) is 4.95. The monoisotopic (exact) mass is 369 g/mol. The van der Waals surface area contributed by atoms with Gasteiger partial charge in [-0.05, 0) is 33.6 Å². The summed E-state index contributed by atoms with van der Waals surface area (Å²) in [6, 6.07) is 2.01. The fourth-order valence-corrected chi connectivity index (χ4v) is 3.45. The fraction of sp³-hybridized carbons (Fsp3) is 0.556. The van der Waals surface area contributed by atoms with Crippen LogP contribution in [0.1, 0.15) is 18.0 Å². The molecule has 0 spiro atoms. The topological polar surface area (TPSA) is 64.1 Å². The Morgan fingerprint density at radius 3 is 2.46 bits per heavy atom. The molecule has 0 bridgehead atoms. The van der Waals surface area contributed by atoms with Gasteiger partial charge in [0, 0.05) is 25.7 Å². The summed E-state index contributed by atoms with van der Waals surface area (Å²) < 4.78 is 28.1. The van der Waals surface area contributed by atoms with E-state index in [0.717, 1.165) is 6.07 Å². The molecule has 1 aromatic carbocycles. The summed E-state index contributed by atoms with van der Waals surface area (Å²) in [7, 11) is 6.93. The van der Waals surface area contributed by atoms with Crippen molar-refractivity contribution >= 4 is 11.9 Å². The van der Waals surface area contributed by atoms with Gasteiger partial charge in [0.2, 0.25) is 5.91 Å². The number of hydrogen-bond acceptors (Lipinski definition) is 4. The number of amides is 1. The first-order chi connectivity index (χ1) is 12.1. The van der Waals surface area contributed by atoms with Crippen molar-refractivity contribution in [1.29, 1.82) is 0 Å². The largest absolute Gasteiger partial charge is 0.480 e. The Balaban J connectivity index is 2.36. The summed E-state index contributed by atoms with van der Waals surface area (Å²) in [6.07, 6.45) is 0.0532. The molecule has 8 heteroatoms. The number of aliphatic carboxylic acids is 1. The van der Waals surface area contributed by atoms with Crippen molar-refractivity contribution < 1.29 is 23.5 Å². The molecule has 6 nitrogen and oxygen atoms in total. The molecule has 1 aliphatic rings. The van der Waals surface area contributed by atoms with Gasteiger partial charge in [0.25, 0.3) is 0 Å². The fourth-order valence-electron chi connectivity index (χ4n) is 3.45. The van der Waals surface area contributed by atoms with Gasteiger partial charge in [-0.25, -0.2) is 8.78 Å². The Bertz CT molecular complexity index is 684. The van der Waals surface area contributed by atoms with Crippen molar-refractivity contribution in [3.05, 3.63) is 35.4 Å². The van der Waals surface area contributed by atoms with E-state index in [1.165, 1.54) is 29.0 Å². The number of hydrogen-bond donors (Lipinski definition) is 1. The van der Waals surface area contributed by atoms with E-state index in [1.807, 2.05) is 19.0 Å². The number of likely N-dealkylation sites (N-methyl/N-ethyl adjacent to an activating group) is 3. The Morgan fingerprint density at radius 2 is 1.88 bits per heavy atom. The van der Waals surface area contributed by atoms with E-state index in [0.29, 0.717) is 13.1 Å². The Labute approximate surface area is 152 Å². The van der Waals surface area contributed by atoms with Crippen LogP contribution in [0.2, 0.25) is 0 Å². The van der Waals surface area contributed by atoms with Gasteiger partial charge in [0.05, 0.1) is 12.0 Å². The summed E-state index contributed by atoms with van der Waals surface area (Å²) in [5.74, 6) is -4.16. The number of carboxylic acids is 1. The van der Waals surface area contributed by atoms with Crippen LogP contribution in [0.3, 0.4) is 0 Å². The highest BCUT2D eigenvalue weighted by atomic mass is 19.2. The summed E-state index contributed by atoms with van der Waals surface area (Å²) in [6.45, 7) is 1.11. The second-order valence-electron chi connectivity index (χ2n) is 7.01. The van der Waals surface area contributed by atoms with E-state index >= 15 is 0 Å². The zero-order chi connectivity index (χ0) is 19.6. The second kappa shape index (κ2) is 8.09. The molecule has 2 rings (SSSR count). The van der Waals surface area contributed by atoms with Crippen molar-refractivity contribution in [1.82, 2.24) is 14.7 Å². The molecule has 1 aromatic rings. The number of carboxylic acid groups (broad SMARTS) is 1. The molecule has 0 aliphatic carbocycles. The van der Waals surface area contributed by atoms with E-state index in [4.69, 9.17) is 0 Å². The minimum Gasteiger partial charge on any atom is -0.480 e. The third-order valence-electron chi connectivity index (χ3n) is 4.95. The number of carbonyl (C=O) groups excluding carboxylic acids is 1. The van der Waals surface area contributed by atoms with Gasteiger partial charge in [-0.2, -0.15) is 0 Å². The molecule has 1 amide bonds. The third kappa shape index (κ3) is 4.02. The first-order valence-electron chi connectivity index (χ1n) is 8.43. The maximum Gasteiger partial charge on any atom is 0.320 e. The zero-order valence-corrected chi connectivity index (χ0v) is 15.4. The van der Waals surface area contributed by atoms with Crippen LogP contribution < -0.4 is 0 Å². The normalized spacial score (nSPS) is 23.4. The molecule has 0 aromatic heterocycles. The lowest BCUT2D eigenvalue weighted by Crippen LogP contribution is -2.39. The molecule has 1 fully saturated rings. The van der Waals surface area contributed by atoms with E-state index in [-0.39, 0.29) is 17.9 Å². The molecule has 0 saturated carbocycles. The average Bonchev–Trinajstić information content (AvgIpc) is 2.92. The number of rotatable bonds is 6. The van der Waals surface area contributed by atoms with Crippen LogP contribution in [-0.2, 0) is 9.59 Å². The highest BCUT2D eigenvalue weighted by molar-refractivity contribution is 5.83. The maximum absolute atomic E-state index is 14.4. The number of carbonyl (C=O) groups is 2. The van der Waals surface area contributed by atoms with Crippen LogP contribution in [-0.4, -0.2) is 79.0 Å². The van der Waals surface area contributed by atoms with Crippen molar-refractivity contribution in [3.63, 3.8) is 0 Å². The predicted molar refractivity (Wildman–Crippen MR) is 92.6 cm³/mol. The molecule has 144 valence electrons. The van der Waals surface area contributed by atoms with Crippen molar-refractivity contribution in [2.45, 2.75) is 18.5 Å². The summed E-state index contributed by atoms with van der Waals surface area (Å²) in [4.78, 5) is 29.4. The van der Waals surface area contributed by atoms with Crippen LogP contribution in [0.4, 0.5) is 8.78 Å². The summed E-state index contributed by atoms with van der Waals surface area (Å²) in [5, 5.41) is 9.45. The minimum absolute atomic E-state index is 0.00982. The molecule has 1 saturated heterocycles. The zero-order valence-electron chi connectivity index (χ0n) is 15.4. The SMILES string of the molecule is CN(C)CCN(C)C(=O)[C@@H]1C[C@H](C(=O)O)N(C)[C@@H]1c1cccc(F)c1F. The molecular weight excluding hydrogens is 344 g/mol. The lowest BCUT2D eigenvalue weighted by atomic mass is 9.91. The van der Waals surface area contributed by atoms with Crippen molar-refractivity contribution in [2.75, 3.05) is 41.3 Å². The molecule has 26 heavy (non-hydrogen) atoms. The lowest BCUT2D eigenvalue weighted by molar-refractivity contribution is -0.142. The van der Waals surface area contributed by atoms with Gasteiger partial charge < -0.3 is 14.9 Å². The first kappa shape index (κ1) is 20.3. The van der Waals surface area contributed by atoms with E-state index in [1.54, 1.807) is 7.05 Å². The van der Waals surface area contributed by atoms with Crippen LogP contribution in [0.5, 0.6) is 0 Å². The van der Waals surface area contributed by atoms with E-state index in [2.05, 4.69) is 0 Å². The van der Waals surface area contributed by atoms with Gasteiger partial charge in [-0.3, -0.25) is 14.5 Å². The lowest BCUT2D eigenvalue weighted by Gasteiger charge is -2.29. The maximum atomic E-state index is 14.4. The highest BCUT2D eigenvalue weighted by Gasteiger charge is 2.48. The standard InChI is InChI=1S/C18H25F2N3O3/c1-21(2)8-9-22(3)17(24)12-10-14(18(25)26)23(4)16(12)11-6-5-7-13(19)15(11)20/h5-7,12,14,16H,8-10H2,1-4H3,(H,25,26)/t12-,14-,16-/m1/s1.